The number of nitriles is 1. The number of benzene rings is 1. The van der Waals surface area contributed by atoms with Crippen LogP contribution in [-0.4, -0.2) is 40.2 Å². The summed E-state index contributed by atoms with van der Waals surface area (Å²) in [5.74, 6) is 0.374. The number of sulfone groups is 1. The van der Waals surface area contributed by atoms with Gasteiger partial charge in [-0.25, -0.2) is 8.42 Å². The average Bonchev–Trinajstić information content (AvgIpc) is 3.18. The Morgan fingerprint density at radius 2 is 1.90 bits per heavy atom. The fraction of sp³-hybridized carbons (Fsp3) is 0.533. The Bertz CT molecular complexity index is 647. The number of hydrogen-bond donors (Lipinski definition) is 0. The Morgan fingerprint density at radius 3 is 2.33 bits per heavy atom. The molecule has 0 spiro atoms. The van der Waals surface area contributed by atoms with Crippen LogP contribution in [0.3, 0.4) is 0 Å². The van der Waals surface area contributed by atoms with Crippen LogP contribution in [0.5, 0.6) is 5.75 Å². The molecule has 0 unspecified atom stereocenters. The molecular weight excluding hydrogens is 290 g/mol. The number of rotatable bonds is 6. The van der Waals surface area contributed by atoms with Crippen LogP contribution in [-0.2, 0) is 14.6 Å². The van der Waals surface area contributed by atoms with Gasteiger partial charge >= 0.3 is 0 Å². The Morgan fingerprint density at radius 1 is 1.29 bits per heavy atom. The summed E-state index contributed by atoms with van der Waals surface area (Å²) in [6.07, 6.45) is 0. The zero-order chi connectivity index (χ0) is 15.7. The van der Waals surface area contributed by atoms with Crippen LogP contribution in [0.2, 0.25) is 0 Å². The first-order valence-corrected chi connectivity index (χ1v) is 8.44. The molecule has 6 heteroatoms. The van der Waals surface area contributed by atoms with Gasteiger partial charge in [-0.3, -0.25) is 0 Å². The highest BCUT2D eigenvalue weighted by Crippen LogP contribution is 2.62. The molecule has 0 radical (unpaired) electrons. The molecule has 1 aliphatic rings. The fourth-order valence-electron chi connectivity index (χ4n) is 2.97. The van der Waals surface area contributed by atoms with Crippen LogP contribution in [0, 0.1) is 16.7 Å². The van der Waals surface area contributed by atoms with Crippen molar-refractivity contribution in [2.45, 2.75) is 18.1 Å². The van der Waals surface area contributed by atoms with Crippen LogP contribution >= 0.6 is 0 Å². The largest absolute Gasteiger partial charge is 0.497 e. The fourth-order valence-corrected chi connectivity index (χ4v) is 4.98. The molecule has 0 aromatic heterocycles. The number of nitrogens with zero attached hydrogens (tertiary/aromatic N) is 1. The average molecular weight is 309 g/mol. The van der Waals surface area contributed by atoms with Crippen molar-refractivity contribution < 1.29 is 17.9 Å². The molecule has 5 nitrogen and oxygen atoms in total. The van der Waals surface area contributed by atoms with Crippen LogP contribution in [0.15, 0.2) is 24.3 Å². The Kier molecular flexibility index (Phi) is 4.26. The molecule has 0 N–H and O–H groups in total. The van der Waals surface area contributed by atoms with Gasteiger partial charge in [0.15, 0.2) is 9.84 Å². The maximum atomic E-state index is 12.3. The molecule has 0 saturated heterocycles. The van der Waals surface area contributed by atoms with Gasteiger partial charge in [-0.15, -0.1) is 0 Å². The molecule has 1 fully saturated rings. The molecule has 0 heterocycles. The molecule has 0 bridgehead atoms. The molecule has 1 aromatic carbocycles. The third-order valence-electron chi connectivity index (χ3n) is 4.11. The Labute approximate surface area is 125 Å². The van der Waals surface area contributed by atoms with E-state index >= 15 is 0 Å². The molecule has 2 rings (SSSR count). The Balaban J connectivity index is 2.42. The van der Waals surface area contributed by atoms with E-state index in [1.54, 1.807) is 26.2 Å². The van der Waals surface area contributed by atoms with Gasteiger partial charge in [0.2, 0.25) is 0 Å². The second-order valence-electron chi connectivity index (χ2n) is 5.21. The van der Waals surface area contributed by atoms with Crippen LogP contribution in [0.1, 0.15) is 18.4 Å². The topological polar surface area (TPSA) is 76.4 Å². The summed E-state index contributed by atoms with van der Waals surface area (Å²) < 4.78 is 34.8. The predicted molar refractivity (Wildman–Crippen MR) is 78.9 cm³/mol. The maximum absolute atomic E-state index is 12.3. The SMILES string of the molecule is CCS(=O)(=O)[C@@H]1[C@@H](c2ccc(OC)cc2)[C@@]1(C#N)COC. The number of hydrogen-bond acceptors (Lipinski definition) is 5. The van der Waals surface area contributed by atoms with E-state index in [4.69, 9.17) is 9.47 Å². The third kappa shape index (κ3) is 2.52. The minimum atomic E-state index is -3.31. The monoisotopic (exact) mass is 309 g/mol. The molecule has 1 aromatic rings. The summed E-state index contributed by atoms with van der Waals surface area (Å²) in [6, 6.07) is 9.37. The molecule has 1 aliphatic carbocycles. The van der Waals surface area contributed by atoms with Crippen molar-refractivity contribution in [2.24, 2.45) is 5.41 Å². The molecular formula is C15H19NO4S. The Hall–Kier alpha value is -1.58. The van der Waals surface area contributed by atoms with E-state index in [1.807, 2.05) is 12.1 Å². The highest BCUT2D eigenvalue weighted by molar-refractivity contribution is 7.92. The summed E-state index contributed by atoms with van der Waals surface area (Å²) in [7, 11) is -0.259. The first-order valence-electron chi connectivity index (χ1n) is 6.72. The quantitative estimate of drug-likeness (QED) is 0.800. The van der Waals surface area contributed by atoms with Crippen molar-refractivity contribution in [1.29, 1.82) is 5.26 Å². The van der Waals surface area contributed by atoms with E-state index in [9.17, 15) is 13.7 Å². The normalized spacial score (nSPS) is 27.9. The van der Waals surface area contributed by atoms with Gasteiger partial charge in [-0.05, 0) is 17.7 Å². The van der Waals surface area contributed by atoms with E-state index in [-0.39, 0.29) is 18.3 Å². The summed E-state index contributed by atoms with van der Waals surface area (Å²) >= 11 is 0. The van der Waals surface area contributed by atoms with Gasteiger partial charge in [0.05, 0.1) is 25.0 Å². The van der Waals surface area contributed by atoms with Gasteiger partial charge in [0, 0.05) is 18.8 Å². The highest BCUT2D eigenvalue weighted by atomic mass is 32.2. The number of methoxy groups -OCH3 is 2. The lowest BCUT2D eigenvalue weighted by Gasteiger charge is -2.07. The first kappa shape index (κ1) is 15.8. The van der Waals surface area contributed by atoms with Crippen molar-refractivity contribution in [2.75, 3.05) is 26.6 Å². The minimum Gasteiger partial charge on any atom is -0.497 e. The van der Waals surface area contributed by atoms with Gasteiger partial charge in [-0.1, -0.05) is 19.1 Å². The molecule has 0 aliphatic heterocycles. The highest BCUT2D eigenvalue weighted by Gasteiger charge is 2.71. The van der Waals surface area contributed by atoms with E-state index in [2.05, 4.69) is 6.07 Å². The van der Waals surface area contributed by atoms with E-state index in [0.29, 0.717) is 5.75 Å². The van der Waals surface area contributed by atoms with Crippen LogP contribution in [0.25, 0.3) is 0 Å². The third-order valence-corrected chi connectivity index (χ3v) is 6.38. The van der Waals surface area contributed by atoms with Crippen LogP contribution in [0.4, 0.5) is 0 Å². The zero-order valence-corrected chi connectivity index (χ0v) is 13.2. The van der Waals surface area contributed by atoms with Gasteiger partial charge < -0.3 is 9.47 Å². The molecule has 0 amide bonds. The lowest BCUT2D eigenvalue weighted by atomic mass is 10.0. The van der Waals surface area contributed by atoms with Gasteiger partial charge in [-0.2, -0.15) is 5.26 Å². The van der Waals surface area contributed by atoms with E-state index < -0.39 is 20.5 Å². The van der Waals surface area contributed by atoms with Crippen molar-refractivity contribution in [3.8, 4) is 11.8 Å². The molecule has 1 saturated carbocycles. The summed E-state index contributed by atoms with van der Waals surface area (Å²) in [4.78, 5) is 0. The lowest BCUT2D eigenvalue weighted by molar-refractivity contribution is 0.162. The maximum Gasteiger partial charge on any atom is 0.155 e. The van der Waals surface area contributed by atoms with Gasteiger partial charge in [0.1, 0.15) is 11.2 Å². The van der Waals surface area contributed by atoms with Crippen molar-refractivity contribution >= 4 is 9.84 Å². The zero-order valence-electron chi connectivity index (χ0n) is 12.4. The summed E-state index contributed by atoms with van der Waals surface area (Å²) in [5, 5.41) is 8.83. The smallest absolute Gasteiger partial charge is 0.155 e. The minimum absolute atomic E-state index is 0.0253. The standard InChI is InChI=1S/C15H19NO4S/c1-4-21(17,18)14-13(15(14,9-16)10-19-2)11-5-7-12(20-3)8-6-11/h5-8,13-14H,4,10H2,1-3H3/t13-,14-,15-/m1/s1. The summed E-state index contributed by atoms with van der Waals surface area (Å²) in [6.45, 7) is 1.72. The van der Waals surface area contributed by atoms with Crippen molar-refractivity contribution in [1.82, 2.24) is 0 Å². The predicted octanol–water partition coefficient (Wildman–Crippen LogP) is 1.75. The van der Waals surface area contributed by atoms with Crippen molar-refractivity contribution in [3.63, 3.8) is 0 Å². The first-order chi connectivity index (χ1) is 9.96. The molecule has 3 atom stereocenters. The van der Waals surface area contributed by atoms with Crippen molar-refractivity contribution in [3.05, 3.63) is 29.8 Å². The van der Waals surface area contributed by atoms with Gasteiger partial charge in [0.25, 0.3) is 0 Å². The molecule has 114 valence electrons. The lowest BCUT2D eigenvalue weighted by Crippen LogP contribution is -2.20. The summed E-state index contributed by atoms with van der Waals surface area (Å²) in [5.41, 5.74) is -0.158. The molecule has 21 heavy (non-hydrogen) atoms. The van der Waals surface area contributed by atoms with E-state index in [1.165, 1.54) is 7.11 Å². The second-order valence-corrected chi connectivity index (χ2v) is 7.62. The van der Waals surface area contributed by atoms with Crippen LogP contribution < -0.4 is 4.74 Å². The number of ether oxygens (including phenoxy) is 2. The second kappa shape index (κ2) is 5.66. The van der Waals surface area contributed by atoms with E-state index in [0.717, 1.165) is 5.56 Å².